The van der Waals surface area contributed by atoms with Gasteiger partial charge in [-0.05, 0) is 37.0 Å². The number of ether oxygens (including phenoxy) is 2. The maximum absolute atomic E-state index is 5.94. The standard InChI is InChI=1S/C16H21N3O2/c1-4-11(3)12-6-8-13(9-7-12)21-16-14(17)15(20-5-2)18-10-19-16/h6-11H,4-5,17H2,1-3H3. The molecule has 21 heavy (non-hydrogen) atoms. The summed E-state index contributed by atoms with van der Waals surface area (Å²) in [6.07, 6.45) is 2.49. The predicted molar refractivity (Wildman–Crippen MR) is 82.8 cm³/mol. The van der Waals surface area contributed by atoms with E-state index in [0.717, 1.165) is 6.42 Å². The molecule has 5 nitrogen and oxygen atoms in total. The van der Waals surface area contributed by atoms with Gasteiger partial charge in [0.1, 0.15) is 12.1 Å². The molecule has 1 unspecified atom stereocenters. The van der Waals surface area contributed by atoms with E-state index in [2.05, 4.69) is 35.9 Å². The number of anilines is 1. The second kappa shape index (κ2) is 6.92. The lowest BCUT2D eigenvalue weighted by molar-refractivity contribution is 0.325. The Morgan fingerprint density at radius 1 is 1.10 bits per heavy atom. The van der Waals surface area contributed by atoms with Crippen molar-refractivity contribution in [2.24, 2.45) is 0 Å². The number of nitrogens with zero attached hydrogens (tertiary/aromatic N) is 2. The van der Waals surface area contributed by atoms with Crippen LogP contribution in [-0.2, 0) is 0 Å². The summed E-state index contributed by atoms with van der Waals surface area (Å²) < 4.78 is 11.0. The lowest BCUT2D eigenvalue weighted by atomic mass is 9.99. The van der Waals surface area contributed by atoms with Crippen molar-refractivity contribution in [3.63, 3.8) is 0 Å². The van der Waals surface area contributed by atoms with Gasteiger partial charge >= 0.3 is 0 Å². The zero-order chi connectivity index (χ0) is 15.2. The molecular weight excluding hydrogens is 266 g/mol. The van der Waals surface area contributed by atoms with Crippen LogP contribution in [0.3, 0.4) is 0 Å². The molecule has 0 amide bonds. The van der Waals surface area contributed by atoms with Gasteiger partial charge in [0, 0.05) is 0 Å². The summed E-state index contributed by atoms with van der Waals surface area (Å²) in [5.41, 5.74) is 7.54. The average molecular weight is 287 g/mol. The monoisotopic (exact) mass is 287 g/mol. The summed E-state index contributed by atoms with van der Waals surface area (Å²) in [4.78, 5) is 8.03. The number of rotatable bonds is 6. The van der Waals surface area contributed by atoms with E-state index >= 15 is 0 Å². The molecule has 5 heteroatoms. The SMILES string of the molecule is CCOc1ncnc(Oc2ccc(C(C)CC)cc2)c1N. The van der Waals surface area contributed by atoms with Gasteiger partial charge in [-0.15, -0.1) is 0 Å². The molecule has 1 aromatic carbocycles. The highest BCUT2D eigenvalue weighted by Gasteiger charge is 2.11. The molecule has 0 aliphatic carbocycles. The highest BCUT2D eigenvalue weighted by molar-refractivity contribution is 5.56. The molecule has 0 aliphatic heterocycles. The zero-order valence-corrected chi connectivity index (χ0v) is 12.7. The second-order valence-corrected chi connectivity index (χ2v) is 4.81. The molecule has 2 aromatic rings. The second-order valence-electron chi connectivity index (χ2n) is 4.81. The Balaban J connectivity index is 2.16. The van der Waals surface area contributed by atoms with Crippen molar-refractivity contribution < 1.29 is 9.47 Å². The van der Waals surface area contributed by atoms with Crippen LogP contribution >= 0.6 is 0 Å². The fourth-order valence-electron chi connectivity index (χ4n) is 1.91. The lowest BCUT2D eigenvalue weighted by Gasteiger charge is -2.12. The van der Waals surface area contributed by atoms with Crippen LogP contribution in [-0.4, -0.2) is 16.6 Å². The Morgan fingerprint density at radius 3 is 2.38 bits per heavy atom. The first-order chi connectivity index (χ1) is 10.2. The number of hydrogen-bond acceptors (Lipinski definition) is 5. The molecule has 0 saturated carbocycles. The maximum atomic E-state index is 5.94. The Morgan fingerprint density at radius 2 is 1.76 bits per heavy atom. The Kier molecular flexibility index (Phi) is 4.98. The van der Waals surface area contributed by atoms with Crippen LogP contribution in [0.5, 0.6) is 17.5 Å². The van der Waals surface area contributed by atoms with Gasteiger partial charge in [-0.1, -0.05) is 26.0 Å². The van der Waals surface area contributed by atoms with Crippen molar-refractivity contribution in [1.82, 2.24) is 9.97 Å². The van der Waals surface area contributed by atoms with Gasteiger partial charge in [-0.25, -0.2) is 0 Å². The van der Waals surface area contributed by atoms with Gasteiger partial charge in [0.2, 0.25) is 11.8 Å². The Bertz CT molecular complexity index is 585. The predicted octanol–water partition coefficient (Wildman–Crippen LogP) is 3.76. The molecule has 0 spiro atoms. The number of aromatic nitrogens is 2. The molecule has 0 aliphatic rings. The molecule has 2 N–H and O–H groups in total. The van der Waals surface area contributed by atoms with Crippen molar-refractivity contribution in [3.8, 4) is 17.5 Å². The average Bonchev–Trinajstić information content (AvgIpc) is 2.51. The molecule has 0 bridgehead atoms. The van der Waals surface area contributed by atoms with Crippen LogP contribution in [0.15, 0.2) is 30.6 Å². The van der Waals surface area contributed by atoms with Crippen molar-refractivity contribution >= 4 is 5.69 Å². The molecule has 1 atom stereocenters. The highest BCUT2D eigenvalue weighted by atomic mass is 16.5. The lowest BCUT2D eigenvalue weighted by Crippen LogP contribution is -2.03. The van der Waals surface area contributed by atoms with Gasteiger partial charge in [0.05, 0.1) is 6.61 Å². The Labute approximate surface area is 125 Å². The zero-order valence-electron chi connectivity index (χ0n) is 12.7. The van der Waals surface area contributed by atoms with E-state index in [0.29, 0.717) is 35.7 Å². The van der Waals surface area contributed by atoms with Crippen molar-refractivity contribution in [2.75, 3.05) is 12.3 Å². The summed E-state index contributed by atoms with van der Waals surface area (Å²) in [5, 5.41) is 0. The summed E-state index contributed by atoms with van der Waals surface area (Å²) >= 11 is 0. The van der Waals surface area contributed by atoms with E-state index in [1.165, 1.54) is 11.9 Å². The molecule has 0 saturated heterocycles. The first kappa shape index (κ1) is 15.1. The van der Waals surface area contributed by atoms with Crippen LogP contribution in [0.4, 0.5) is 5.69 Å². The van der Waals surface area contributed by atoms with Crippen molar-refractivity contribution in [3.05, 3.63) is 36.2 Å². The minimum atomic E-state index is 0.310. The van der Waals surface area contributed by atoms with Gasteiger partial charge in [-0.2, -0.15) is 9.97 Å². The van der Waals surface area contributed by atoms with Gasteiger partial charge in [0.15, 0.2) is 5.69 Å². The van der Waals surface area contributed by atoms with E-state index < -0.39 is 0 Å². The molecule has 1 aromatic heterocycles. The summed E-state index contributed by atoms with van der Waals surface area (Å²) in [6, 6.07) is 7.96. The Hall–Kier alpha value is -2.30. The molecule has 2 rings (SSSR count). The van der Waals surface area contributed by atoms with E-state index in [9.17, 15) is 0 Å². The third kappa shape index (κ3) is 3.62. The fourth-order valence-corrected chi connectivity index (χ4v) is 1.91. The van der Waals surface area contributed by atoms with Gasteiger partial charge in [-0.3, -0.25) is 0 Å². The molecule has 112 valence electrons. The van der Waals surface area contributed by atoms with Gasteiger partial charge in [0.25, 0.3) is 0 Å². The largest absolute Gasteiger partial charge is 0.476 e. The summed E-state index contributed by atoms with van der Waals surface area (Å²) in [6.45, 7) is 6.73. The van der Waals surface area contributed by atoms with Crippen LogP contribution < -0.4 is 15.2 Å². The van der Waals surface area contributed by atoms with E-state index in [1.807, 2.05) is 19.1 Å². The molecular formula is C16H21N3O2. The first-order valence-corrected chi connectivity index (χ1v) is 7.16. The fraction of sp³-hybridized carbons (Fsp3) is 0.375. The number of nitrogens with two attached hydrogens (primary N) is 1. The van der Waals surface area contributed by atoms with Crippen molar-refractivity contribution in [1.29, 1.82) is 0 Å². The topological polar surface area (TPSA) is 70.3 Å². The van der Waals surface area contributed by atoms with E-state index in [-0.39, 0.29) is 0 Å². The normalized spacial score (nSPS) is 12.0. The first-order valence-electron chi connectivity index (χ1n) is 7.16. The smallest absolute Gasteiger partial charge is 0.249 e. The highest BCUT2D eigenvalue weighted by Crippen LogP contribution is 2.31. The minimum absolute atomic E-state index is 0.310. The van der Waals surface area contributed by atoms with Gasteiger partial charge < -0.3 is 15.2 Å². The van der Waals surface area contributed by atoms with Crippen molar-refractivity contribution in [2.45, 2.75) is 33.1 Å². The number of nitrogen functional groups attached to an aromatic ring is 1. The maximum Gasteiger partial charge on any atom is 0.249 e. The number of benzene rings is 1. The molecule has 1 heterocycles. The third-order valence-corrected chi connectivity index (χ3v) is 3.37. The van der Waals surface area contributed by atoms with Crippen LogP contribution in [0.2, 0.25) is 0 Å². The summed E-state index contributed by atoms with van der Waals surface area (Å²) in [7, 11) is 0. The van der Waals surface area contributed by atoms with Crippen LogP contribution in [0.25, 0.3) is 0 Å². The van der Waals surface area contributed by atoms with Crippen LogP contribution in [0, 0.1) is 0 Å². The van der Waals surface area contributed by atoms with E-state index in [4.69, 9.17) is 15.2 Å². The molecule has 0 fully saturated rings. The molecule has 0 radical (unpaired) electrons. The quantitative estimate of drug-likeness (QED) is 0.875. The third-order valence-electron chi connectivity index (χ3n) is 3.37. The summed E-state index contributed by atoms with van der Waals surface area (Å²) in [5.74, 6) is 1.88. The number of hydrogen-bond donors (Lipinski definition) is 1. The van der Waals surface area contributed by atoms with Crippen LogP contribution in [0.1, 0.15) is 38.7 Å². The van der Waals surface area contributed by atoms with E-state index in [1.54, 1.807) is 0 Å². The minimum Gasteiger partial charge on any atom is -0.476 e.